The van der Waals surface area contributed by atoms with Crippen LogP contribution in [0.3, 0.4) is 0 Å². The normalized spacial score (nSPS) is 25.2. The lowest BCUT2D eigenvalue weighted by molar-refractivity contribution is 0.144. The molecule has 0 saturated carbocycles. The van der Waals surface area contributed by atoms with Crippen LogP contribution in [0.25, 0.3) is 0 Å². The fraction of sp³-hybridized carbons (Fsp3) is 0.750. The van der Waals surface area contributed by atoms with Crippen LogP contribution in [0.1, 0.15) is 13.8 Å². The summed E-state index contributed by atoms with van der Waals surface area (Å²) < 4.78 is 26.9. The Bertz CT molecular complexity index is 265. The predicted molar refractivity (Wildman–Crippen MR) is 47.5 cm³/mol. The third-order valence-corrected chi connectivity index (χ3v) is 4.07. The fourth-order valence-electron chi connectivity index (χ4n) is 1.45. The standard InChI is InChI=1S/C8H14O3S/c1-3-4-11-5-8(2)6-12(9,10)7-8/h3-4H,5-7H2,1-2H3/b4-3+. The number of ether oxygens (including phenoxy) is 1. The van der Waals surface area contributed by atoms with E-state index in [1.807, 2.05) is 13.8 Å². The van der Waals surface area contributed by atoms with Gasteiger partial charge in [0.1, 0.15) is 0 Å². The summed E-state index contributed by atoms with van der Waals surface area (Å²) >= 11 is 0. The zero-order valence-corrected chi connectivity index (χ0v) is 8.23. The summed E-state index contributed by atoms with van der Waals surface area (Å²) in [6, 6.07) is 0. The molecule has 4 heteroatoms. The van der Waals surface area contributed by atoms with E-state index in [-0.39, 0.29) is 16.9 Å². The third-order valence-electron chi connectivity index (χ3n) is 1.80. The highest BCUT2D eigenvalue weighted by Crippen LogP contribution is 2.32. The first-order valence-corrected chi connectivity index (χ1v) is 5.73. The summed E-state index contributed by atoms with van der Waals surface area (Å²) in [7, 11) is -2.73. The maximum Gasteiger partial charge on any atom is 0.151 e. The van der Waals surface area contributed by atoms with E-state index in [1.54, 1.807) is 12.3 Å². The van der Waals surface area contributed by atoms with Gasteiger partial charge in [-0.1, -0.05) is 13.0 Å². The predicted octanol–water partition coefficient (Wildman–Crippen LogP) is 0.971. The van der Waals surface area contributed by atoms with Gasteiger partial charge in [-0.15, -0.1) is 0 Å². The van der Waals surface area contributed by atoms with E-state index in [1.165, 1.54) is 0 Å². The Morgan fingerprint density at radius 1 is 1.50 bits per heavy atom. The minimum atomic E-state index is -2.73. The van der Waals surface area contributed by atoms with E-state index in [0.29, 0.717) is 6.61 Å². The van der Waals surface area contributed by atoms with Crippen LogP contribution in [0.4, 0.5) is 0 Å². The molecule has 70 valence electrons. The van der Waals surface area contributed by atoms with Gasteiger partial charge in [-0.25, -0.2) is 8.42 Å². The Morgan fingerprint density at radius 2 is 2.08 bits per heavy atom. The first-order valence-electron chi connectivity index (χ1n) is 3.91. The van der Waals surface area contributed by atoms with Crippen LogP contribution >= 0.6 is 0 Å². The van der Waals surface area contributed by atoms with Gasteiger partial charge in [0.05, 0.1) is 24.4 Å². The quantitative estimate of drug-likeness (QED) is 0.623. The SMILES string of the molecule is C/C=C/OCC1(C)CS(=O)(=O)C1. The van der Waals surface area contributed by atoms with Gasteiger partial charge in [0.2, 0.25) is 0 Å². The van der Waals surface area contributed by atoms with Crippen molar-refractivity contribution >= 4 is 9.84 Å². The molecule has 0 aromatic carbocycles. The maximum absolute atomic E-state index is 10.9. The molecule has 0 unspecified atom stereocenters. The van der Waals surface area contributed by atoms with Crippen LogP contribution in [-0.2, 0) is 14.6 Å². The van der Waals surface area contributed by atoms with Crippen molar-refractivity contribution in [3.8, 4) is 0 Å². The second kappa shape index (κ2) is 3.09. The van der Waals surface area contributed by atoms with Crippen LogP contribution < -0.4 is 0 Å². The van der Waals surface area contributed by atoms with Crippen molar-refractivity contribution in [3.05, 3.63) is 12.3 Å². The monoisotopic (exact) mass is 190 g/mol. The van der Waals surface area contributed by atoms with Gasteiger partial charge in [-0.2, -0.15) is 0 Å². The van der Waals surface area contributed by atoms with Gasteiger partial charge >= 0.3 is 0 Å². The van der Waals surface area contributed by atoms with Crippen molar-refractivity contribution < 1.29 is 13.2 Å². The Morgan fingerprint density at radius 3 is 2.50 bits per heavy atom. The molecule has 1 heterocycles. The van der Waals surface area contributed by atoms with Crippen LogP contribution in [0.2, 0.25) is 0 Å². The molecule has 12 heavy (non-hydrogen) atoms. The smallest absolute Gasteiger partial charge is 0.151 e. The summed E-state index contributed by atoms with van der Waals surface area (Å²) in [4.78, 5) is 0. The van der Waals surface area contributed by atoms with Gasteiger partial charge in [-0.3, -0.25) is 0 Å². The number of allylic oxidation sites excluding steroid dienone is 1. The molecule has 0 aromatic heterocycles. The van der Waals surface area contributed by atoms with E-state index in [4.69, 9.17) is 4.74 Å². The molecule has 0 N–H and O–H groups in total. The second-order valence-electron chi connectivity index (χ2n) is 3.62. The summed E-state index contributed by atoms with van der Waals surface area (Å²) in [6.45, 7) is 4.29. The van der Waals surface area contributed by atoms with Crippen LogP contribution in [0.15, 0.2) is 12.3 Å². The molecule has 0 amide bonds. The lowest BCUT2D eigenvalue weighted by Crippen LogP contribution is -2.49. The Kier molecular flexibility index (Phi) is 2.46. The highest BCUT2D eigenvalue weighted by Gasteiger charge is 2.45. The lowest BCUT2D eigenvalue weighted by Gasteiger charge is -2.36. The Labute approximate surface area is 73.3 Å². The number of rotatable bonds is 3. The molecule has 0 aromatic rings. The molecule has 1 saturated heterocycles. The molecule has 0 bridgehead atoms. The molecule has 1 aliphatic rings. The fourth-order valence-corrected chi connectivity index (χ4v) is 3.65. The molecule has 3 nitrogen and oxygen atoms in total. The van der Waals surface area contributed by atoms with Crippen LogP contribution in [0.5, 0.6) is 0 Å². The molecule has 1 fully saturated rings. The van der Waals surface area contributed by atoms with Crippen molar-refractivity contribution in [2.24, 2.45) is 5.41 Å². The summed E-state index contributed by atoms with van der Waals surface area (Å²) in [6.07, 6.45) is 3.38. The number of hydrogen-bond acceptors (Lipinski definition) is 3. The van der Waals surface area contributed by atoms with E-state index >= 15 is 0 Å². The maximum atomic E-state index is 10.9. The largest absolute Gasteiger partial charge is 0.501 e. The molecule has 0 aliphatic carbocycles. The number of hydrogen-bond donors (Lipinski definition) is 0. The van der Waals surface area contributed by atoms with Crippen LogP contribution in [0, 0.1) is 5.41 Å². The summed E-state index contributed by atoms with van der Waals surface area (Å²) in [5.41, 5.74) is -0.154. The Hall–Kier alpha value is -0.510. The summed E-state index contributed by atoms with van der Waals surface area (Å²) in [5.74, 6) is 0.523. The lowest BCUT2D eigenvalue weighted by atomic mass is 9.97. The van der Waals surface area contributed by atoms with Crippen molar-refractivity contribution in [2.75, 3.05) is 18.1 Å². The average Bonchev–Trinajstić information content (AvgIpc) is 1.83. The molecule has 0 radical (unpaired) electrons. The summed E-state index contributed by atoms with van der Waals surface area (Å²) in [5, 5.41) is 0. The van der Waals surface area contributed by atoms with E-state index in [2.05, 4.69) is 0 Å². The topological polar surface area (TPSA) is 43.4 Å². The van der Waals surface area contributed by atoms with E-state index in [0.717, 1.165) is 0 Å². The van der Waals surface area contributed by atoms with E-state index < -0.39 is 9.84 Å². The van der Waals surface area contributed by atoms with Crippen molar-refractivity contribution in [2.45, 2.75) is 13.8 Å². The van der Waals surface area contributed by atoms with Crippen molar-refractivity contribution in [3.63, 3.8) is 0 Å². The van der Waals surface area contributed by atoms with Gasteiger partial charge in [0.15, 0.2) is 9.84 Å². The minimum absolute atomic E-state index is 0.154. The van der Waals surface area contributed by atoms with Gasteiger partial charge in [0, 0.05) is 5.41 Å². The zero-order chi connectivity index (χ0) is 9.24. The van der Waals surface area contributed by atoms with E-state index in [9.17, 15) is 8.42 Å². The molecule has 1 rings (SSSR count). The van der Waals surface area contributed by atoms with Gasteiger partial charge < -0.3 is 4.74 Å². The Balaban J connectivity index is 2.35. The zero-order valence-electron chi connectivity index (χ0n) is 7.41. The van der Waals surface area contributed by atoms with Crippen LogP contribution in [-0.4, -0.2) is 26.5 Å². The highest BCUT2D eigenvalue weighted by atomic mass is 32.2. The second-order valence-corrected chi connectivity index (χ2v) is 5.69. The highest BCUT2D eigenvalue weighted by molar-refractivity contribution is 7.92. The minimum Gasteiger partial charge on any atom is -0.501 e. The third kappa shape index (κ3) is 2.24. The average molecular weight is 190 g/mol. The molecule has 1 aliphatic heterocycles. The van der Waals surface area contributed by atoms with Crippen molar-refractivity contribution in [1.82, 2.24) is 0 Å². The first kappa shape index (κ1) is 9.58. The van der Waals surface area contributed by atoms with Crippen molar-refractivity contribution in [1.29, 1.82) is 0 Å². The molecule has 0 atom stereocenters. The molecular formula is C8H14O3S. The first-order chi connectivity index (χ1) is 5.47. The molecular weight excluding hydrogens is 176 g/mol. The number of sulfone groups is 1. The molecule has 0 spiro atoms. The van der Waals surface area contributed by atoms with Gasteiger partial charge in [0.25, 0.3) is 0 Å². The van der Waals surface area contributed by atoms with Gasteiger partial charge in [-0.05, 0) is 6.92 Å².